The van der Waals surface area contributed by atoms with E-state index in [1.807, 2.05) is 32.0 Å². The third-order valence-corrected chi connectivity index (χ3v) is 7.05. The molecule has 4 rings (SSSR count). The van der Waals surface area contributed by atoms with Crippen molar-refractivity contribution >= 4 is 11.3 Å². The number of thiophene rings is 1. The Morgan fingerprint density at radius 3 is 2.37 bits per heavy atom. The van der Waals surface area contributed by atoms with Crippen LogP contribution in [0.15, 0.2) is 59.4 Å². The van der Waals surface area contributed by atoms with E-state index >= 15 is 0 Å². The number of halogens is 5. The third kappa shape index (κ3) is 5.48. The van der Waals surface area contributed by atoms with Gasteiger partial charge < -0.3 is 9.30 Å². The zero-order chi connectivity index (χ0) is 27.6. The second-order valence-corrected chi connectivity index (χ2v) is 9.45. The molecule has 0 aliphatic carbocycles. The molecule has 0 amide bonds. The van der Waals surface area contributed by atoms with Gasteiger partial charge >= 0.3 is 6.18 Å². The first-order valence-corrected chi connectivity index (χ1v) is 12.4. The molecule has 2 aromatic carbocycles. The van der Waals surface area contributed by atoms with Gasteiger partial charge in [-0.05, 0) is 60.9 Å². The second kappa shape index (κ2) is 10.8. The minimum atomic E-state index is -4.97. The van der Waals surface area contributed by atoms with Crippen molar-refractivity contribution in [2.24, 2.45) is 0 Å². The van der Waals surface area contributed by atoms with Crippen molar-refractivity contribution in [1.29, 1.82) is 5.26 Å². The van der Waals surface area contributed by atoms with Crippen LogP contribution in [0, 0.1) is 23.0 Å². The molecular formula is C28H21F5N2O2S. The Bertz CT molecular complexity index is 1600. The number of nitrogens with zero attached hydrogens (tertiary/aromatic N) is 2. The maximum Gasteiger partial charge on any atom is 0.417 e. The lowest BCUT2D eigenvalue weighted by atomic mass is 10.1. The molecule has 4 nitrogen and oxygen atoms in total. The van der Waals surface area contributed by atoms with E-state index in [9.17, 15) is 32.0 Å². The molecule has 10 heteroatoms. The highest BCUT2D eigenvalue weighted by molar-refractivity contribution is 7.18. The number of alkyl halides is 3. The van der Waals surface area contributed by atoms with Crippen molar-refractivity contribution in [3.05, 3.63) is 98.8 Å². The van der Waals surface area contributed by atoms with Crippen LogP contribution >= 0.6 is 11.3 Å². The van der Waals surface area contributed by atoms with Gasteiger partial charge in [-0.25, -0.2) is 8.78 Å². The Hall–Kier alpha value is -3.97. The molecule has 38 heavy (non-hydrogen) atoms. The van der Waals surface area contributed by atoms with Crippen molar-refractivity contribution in [2.75, 3.05) is 6.61 Å². The summed E-state index contributed by atoms with van der Waals surface area (Å²) >= 11 is 1.14. The number of aromatic nitrogens is 1. The largest absolute Gasteiger partial charge is 0.494 e. The first kappa shape index (κ1) is 27.1. The lowest BCUT2D eigenvalue weighted by molar-refractivity contribution is -0.137. The van der Waals surface area contributed by atoms with Crippen LogP contribution in [0.5, 0.6) is 5.75 Å². The number of ether oxygens (including phenoxy) is 1. The average molecular weight is 545 g/mol. The molecule has 0 aliphatic heterocycles. The summed E-state index contributed by atoms with van der Waals surface area (Å²) in [6.07, 6.45) is -4.24. The molecule has 0 atom stereocenters. The Balaban J connectivity index is 1.91. The molecule has 2 aromatic heterocycles. The molecule has 0 saturated carbocycles. The Morgan fingerprint density at radius 2 is 1.74 bits per heavy atom. The highest BCUT2D eigenvalue weighted by Gasteiger charge is 2.36. The minimum Gasteiger partial charge on any atom is -0.494 e. The van der Waals surface area contributed by atoms with Gasteiger partial charge in [0, 0.05) is 16.5 Å². The summed E-state index contributed by atoms with van der Waals surface area (Å²) in [6, 6.07) is 13.7. The van der Waals surface area contributed by atoms with E-state index in [2.05, 4.69) is 0 Å². The fourth-order valence-electron chi connectivity index (χ4n) is 4.05. The quantitative estimate of drug-likeness (QED) is 0.228. The summed E-state index contributed by atoms with van der Waals surface area (Å²) < 4.78 is 75.9. The van der Waals surface area contributed by atoms with Gasteiger partial charge in [-0.2, -0.15) is 18.4 Å². The molecular weight excluding hydrogens is 523 g/mol. The molecule has 0 fully saturated rings. The minimum absolute atomic E-state index is 0.118. The van der Waals surface area contributed by atoms with Gasteiger partial charge in [0.05, 0.1) is 29.3 Å². The highest BCUT2D eigenvalue weighted by Crippen LogP contribution is 2.39. The summed E-state index contributed by atoms with van der Waals surface area (Å²) in [5.74, 6) is -1.15. The molecule has 196 valence electrons. The second-order valence-electron chi connectivity index (χ2n) is 8.37. The number of aryl methyl sites for hydroxylation is 1. The van der Waals surface area contributed by atoms with Crippen LogP contribution in [0.4, 0.5) is 22.0 Å². The maximum atomic E-state index is 14.4. The topological polar surface area (TPSA) is 55.0 Å². The van der Waals surface area contributed by atoms with E-state index in [0.29, 0.717) is 28.2 Å². The lowest BCUT2D eigenvalue weighted by Gasteiger charge is -2.17. The van der Waals surface area contributed by atoms with E-state index < -0.39 is 41.0 Å². The summed E-state index contributed by atoms with van der Waals surface area (Å²) in [7, 11) is 0. The van der Waals surface area contributed by atoms with E-state index in [4.69, 9.17) is 4.74 Å². The predicted molar refractivity (Wildman–Crippen MR) is 135 cm³/mol. The molecule has 0 N–H and O–H groups in total. The van der Waals surface area contributed by atoms with Crippen LogP contribution in [0.3, 0.4) is 0 Å². The summed E-state index contributed by atoms with van der Waals surface area (Å²) in [6.45, 7) is 3.80. The summed E-state index contributed by atoms with van der Waals surface area (Å²) in [5, 5.41) is 9.38. The van der Waals surface area contributed by atoms with Crippen LogP contribution in [0.1, 0.15) is 36.1 Å². The average Bonchev–Trinajstić information content (AvgIpc) is 3.36. The first-order chi connectivity index (χ1) is 18.0. The van der Waals surface area contributed by atoms with Crippen molar-refractivity contribution in [2.45, 2.75) is 33.0 Å². The van der Waals surface area contributed by atoms with Gasteiger partial charge in [-0.1, -0.05) is 19.1 Å². The molecule has 0 aliphatic rings. The van der Waals surface area contributed by atoms with Crippen LogP contribution in [0.2, 0.25) is 0 Å². The maximum absolute atomic E-state index is 14.4. The fraction of sp³-hybridized carbons (Fsp3) is 0.214. The monoisotopic (exact) mass is 544 g/mol. The van der Waals surface area contributed by atoms with E-state index in [1.54, 1.807) is 12.1 Å². The molecule has 2 heterocycles. The standard InChI is InChI=1S/C28H21F5N2O2S/c1-3-16-9-18(11-20(10-16)37-4-2)25-7-8-26(38-25)24-13-22(28(31,32)33)21(14-34)27(36)35(24)15-17-5-6-19(29)12-23(17)30/h5-13H,3-4,15H2,1-2H3. The Morgan fingerprint density at radius 1 is 1.00 bits per heavy atom. The van der Waals surface area contributed by atoms with Crippen molar-refractivity contribution in [3.8, 4) is 32.8 Å². The number of pyridine rings is 1. The van der Waals surface area contributed by atoms with Gasteiger partial charge in [0.25, 0.3) is 5.56 Å². The third-order valence-electron chi connectivity index (χ3n) is 5.89. The molecule has 0 spiro atoms. The van der Waals surface area contributed by atoms with Crippen molar-refractivity contribution < 1.29 is 26.7 Å². The number of hydrogen-bond acceptors (Lipinski definition) is 4. The van der Waals surface area contributed by atoms with Gasteiger partial charge in [-0.3, -0.25) is 4.79 Å². The zero-order valence-electron chi connectivity index (χ0n) is 20.3. The van der Waals surface area contributed by atoms with Crippen LogP contribution in [0.25, 0.3) is 21.0 Å². The van der Waals surface area contributed by atoms with Gasteiger partial charge in [0.1, 0.15) is 29.0 Å². The number of hydrogen-bond donors (Lipinski definition) is 0. The summed E-state index contributed by atoms with van der Waals surface area (Å²) in [4.78, 5) is 14.2. The molecule has 4 aromatic rings. The van der Waals surface area contributed by atoms with Crippen LogP contribution < -0.4 is 10.3 Å². The molecule has 0 radical (unpaired) electrons. The van der Waals surface area contributed by atoms with Gasteiger partial charge in [-0.15, -0.1) is 11.3 Å². The van der Waals surface area contributed by atoms with E-state index in [-0.39, 0.29) is 11.3 Å². The molecule has 0 saturated heterocycles. The first-order valence-electron chi connectivity index (χ1n) is 11.6. The van der Waals surface area contributed by atoms with Crippen LogP contribution in [-0.4, -0.2) is 11.2 Å². The van der Waals surface area contributed by atoms with Crippen LogP contribution in [-0.2, 0) is 19.1 Å². The van der Waals surface area contributed by atoms with Crippen molar-refractivity contribution in [1.82, 2.24) is 4.57 Å². The lowest BCUT2D eigenvalue weighted by Crippen LogP contribution is -2.28. The number of benzene rings is 2. The molecule has 0 bridgehead atoms. The normalized spacial score (nSPS) is 11.4. The Labute approximate surface area is 219 Å². The predicted octanol–water partition coefficient (Wildman–Crippen LogP) is 7.42. The van der Waals surface area contributed by atoms with Gasteiger partial charge in [0.15, 0.2) is 0 Å². The smallest absolute Gasteiger partial charge is 0.417 e. The van der Waals surface area contributed by atoms with E-state index in [1.165, 1.54) is 6.07 Å². The van der Waals surface area contributed by atoms with E-state index in [0.717, 1.165) is 51.7 Å². The SMILES string of the molecule is CCOc1cc(CC)cc(-c2ccc(-c3cc(C(F)(F)F)c(C#N)c(=O)n3Cc3ccc(F)cc3F)s2)c1. The number of nitriles is 1. The number of rotatable bonds is 7. The highest BCUT2D eigenvalue weighted by atomic mass is 32.1. The molecule has 0 unspecified atom stereocenters. The zero-order valence-corrected chi connectivity index (χ0v) is 21.1. The van der Waals surface area contributed by atoms with Crippen molar-refractivity contribution in [3.63, 3.8) is 0 Å². The van der Waals surface area contributed by atoms with Gasteiger partial charge in [0.2, 0.25) is 0 Å². The summed E-state index contributed by atoms with van der Waals surface area (Å²) in [5.41, 5.74) is -2.17. The fourth-order valence-corrected chi connectivity index (χ4v) is 5.07. The Kier molecular flexibility index (Phi) is 7.69.